The predicted molar refractivity (Wildman–Crippen MR) is 99.8 cm³/mol. The van der Waals surface area contributed by atoms with Gasteiger partial charge in [-0.2, -0.15) is 0 Å². The van der Waals surface area contributed by atoms with E-state index in [0.29, 0.717) is 12.0 Å². The highest BCUT2D eigenvalue weighted by Gasteiger charge is 2.39. The maximum atomic E-state index is 12.6. The van der Waals surface area contributed by atoms with Gasteiger partial charge in [-0.05, 0) is 23.1 Å². The van der Waals surface area contributed by atoms with E-state index >= 15 is 0 Å². The van der Waals surface area contributed by atoms with E-state index in [1.807, 2.05) is 20.8 Å². The molecule has 1 aromatic rings. The molecule has 1 saturated heterocycles. The molecule has 2 unspecified atom stereocenters. The smallest absolute Gasteiger partial charge is 0.337 e. The first-order chi connectivity index (χ1) is 12.6. The summed E-state index contributed by atoms with van der Waals surface area (Å²) in [4.78, 5) is 38.0. The number of benzene rings is 1. The fraction of sp³-hybridized carbons (Fsp3) is 0.550. The molecule has 7 heteroatoms. The van der Waals surface area contributed by atoms with Crippen LogP contribution in [0.15, 0.2) is 24.3 Å². The first-order valence-electron chi connectivity index (χ1n) is 9.03. The second-order valence-corrected chi connectivity index (χ2v) is 8.10. The van der Waals surface area contributed by atoms with Crippen molar-refractivity contribution in [1.29, 1.82) is 0 Å². The van der Waals surface area contributed by atoms with Gasteiger partial charge in [0.2, 0.25) is 11.8 Å². The summed E-state index contributed by atoms with van der Waals surface area (Å²) in [5, 5.41) is 12.8. The van der Waals surface area contributed by atoms with Crippen LogP contribution < -0.4 is 5.32 Å². The normalized spacial score (nSPS) is 19.7. The summed E-state index contributed by atoms with van der Waals surface area (Å²) >= 11 is 0. The van der Waals surface area contributed by atoms with E-state index in [0.717, 1.165) is 5.56 Å². The van der Waals surface area contributed by atoms with Crippen molar-refractivity contribution in [2.24, 2.45) is 5.41 Å². The first-order valence-corrected chi connectivity index (χ1v) is 9.03. The second-order valence-electron chi connectivity index (χ2n) is 8.10. The zero-order valence-corrected chi connectivity index (χ0v) is 16.3. The van der Waals surface area contributed by atoms with Crippen LogP contribution in [0.25, 0.3) is 0 Å². The quantitative estimate of drug-likeness (QED) is 0.759. The number of amides is 2. The molecule has 2 N–H and O–H groups in total. The van der Waals surface area contributed by atoms with Gasteiger partial charge in [0, 0.05) is 25.9 Å². The molecule has 0 aliphatic carbocycles. The Hall–Kier alpha value is -2.41. The molecule has 1 fully saturated rings. The minimum Gasteiger partial charge on any atom is -0.465 e. The molecule has 0 saturated carbocycles. The summed E-state index contributed by atoms with van der Waals surface area (Å²) in [7, 11) is 1.32. The standard InChI is InChI=1S/C20H28N2O5/c1-20(2,3)10-17(24)22-12-15(23)9-16(22)18(25)21-11-13-5-7-14(8-6-13)19(26)27-4/h5-8,15-16,23H,9-12H2,1-4H3,(H,21,25). The summed E-state index contributed by atoms with van der Waals surface area (Å²) in [5.41, 5.74) is 1.07. The summed E-state index contributed by atoms with van der Waals surface area (Å²) < 4.78 is 4.65. The highest BCUT2D eigenvalue weighted by molar-refractivity contribution is 5.89. The second kappa shape index (κ2) is 8.52. The minimum absolute atomic E-state index is 0.123. The molecule has 148 valence electrons. The number of β-amino-alcohol motifs (C(OH)–C–C–N with tert-alkyl or cyclic N) is 1. The van der Waals surface area contributed by atoms with Crippen LogP contribution in [0, 0.1) is 5.41 Å². The van der Waals surface area contributed by atoms with Crippen molar-refractivity contribution in [2.75, 3.05) is 13.7 Å². The molecule has 0 spiro atoms. The number of hydrogen-bond donors (Lipinski definition) is 2. The Morgan fingerprint density at radius 2 is 1.85 bits per heavy atom. The van der Waals surface area contributed by atoms with Gasteiger partial charge in [-0.1, -0.05) is 32.9 Å². The SMILES string of the molecule is COC(=O)c1ccc(CNC(=O)C2CC(O)CN2C(=O)CC(C)(C)C)cc1. The van der Waals surface area contributed by atoms with E-state index in [-0.39, 0.29) is 36.7 Å². The van der Waals surface area contributed by atoms with Gasteiger partial charge < -0.3 is 20.1 Å². The van der Waals surface area contributed by atoms with Gasteiger partial charge in [-0.3, -0.25) is 9.59 Å². The molecule has 2 atom stereocenters. The van der Waals surface area contributed by atoms with Crippen LogP contribution in [0.5, 0.6) is 0 Å². The lowest BCUT2D eigenvalue weighted by Crippen LogP contribution is -2.46. The monoisotopic (exact) mass is 376 g/mol. The number of hydrogen-bond acceptors (Lipinski definition) is 5. The van der Waals surface area contributed by atoms with Crippen LogP contribution in [0.2, 0.25) is 0 Å². The molecule has 1 heterocycles. The molecule has 2 rings (SSSR count). The highest BCUT2D eigenvalue weighted by atomic mass is 16.5. The van der Waals surface area contributed by atoms with E-state index in [9.17, 15) is 19.5 Å². The van der Waals surface area contributed by atoms with Gasteiger partial charge in [-0.15, -0.1) is 0 Å². The number of aliphatic hydroxyl groups excluding tert-OH is 1. The van der Waals surface area contributed by atoms with E-state index in [2.05, 4.69) is 10.1 Å². The number of nitrogens with zero attached hydrogens (tertiary/aromatic N) is 1. The lowest BCUT2D eigenvalue weighted by atomic mass is 9.91. The lowest BCUT2D eigenvalue weighted by Gasteiger charge is -2.27. The Kier molecular flexibility index (Phi) is 6.59. The van der Waals surface area contributed by atoms with Crippen LogP contribution in [0.1, 0.15) is 49.5 Å². The van der Waals surface area contributed by atoms with Gasteiger partial charge in [0.1, 0.15) is 6.04 Å². The molecule has 0 aromatic heterocycles. The largest absolute Gasteiger partial charge is 0.465 e. The van der Waals surface area contributed by atoms with Crippen molar-refractivity contribution >= 4 is 17.8 Å². The summed E-state index contributed by atoms with van der Waals surface area (Å²) in [6.07, 6.45) is -0.134. The molecule has 2 amide bonds. The molecule has 1 aliphatic rings. The van der Waals surface area contributed by atoms with Crippen LogP contribution in [-0.4, -0.2) is 53.6 Å². The molecular formula is C20H28N2O5. The number of carbonyl (C=O) groups excluding carboxylic acids is 3. The number of aliphatic hydroxyl groups is 1. The molecular weight excluding hydrogens is 348 g/mol. The van der Waals surface area contributed by atoms with E-state index in [4.69, 9.17) is 0 Å². The van der Waals surface area contributed by atoms with E-state index in [1.165, 1.54) is 12.0 Å². The van der Waals surface area contributed by atoms with Crippen molar-refractivity contribution in [3.05, 3.63) is 35.4 Å². The van der Waals surface area contributed by atoms with E-state index < -0.39 is 18.1 Å². The number of methoxy groups -OCH3 is 1. The Morgan fingerprint density at radius 3 is 2.41 bits per heavy atom. The highest BCUT2D eigenvalue weighted by Crippen LogP contribution is 2.25. The lowest BCUT2D eigenvalue weighted by molar-refractivity contribution is -0.140. The fourth-order valence-electron chi connectivity index (χ4n) is 3.08. The van der Waals surface area contributed by atoms with Crippen LogP contribution >= 0.6 is 0 Å². The van der Waals surface area contributed by atoms with Crippen molar-refractivity contribution < 1.29 is 24.2 Å². The third-order valence-electron chi connectivity index (χ3n) is 4.43. The summed E-state index contributed by atoms with van der Waals surface area (Å²) in [5.74, 6) is -0.828. The van der Waals surface area contributed by atoms with Crippen molar-refractivity contribution in [2.45, 2.75) is 52.3 Å². The van der Waals surface area contributed by atoms with Crippen LogP contribution in [0.4, 0.5) is 0 Å². The van der Waals surface area contributed by atoms with Crippen molar-refractivity contribution in [1.82, 2.24) is 10.2 Å². The minimum atomic E-state index is -0.691. The number of rotatable bonds is 5. The van der Waals surface area contributed by atoms with Gasteiger partial charge in [-0.25, -0.2) is 4.79 Å². The molecule has 7 nitrogen and oxygen atoms in total. The van der Waals surface area contributed by atoms with Crippen molar-refractivity contribution in [3.8, 4) is 0 Å². The zero-order chi connectivity index (χ0) is 20.2. The fourth-order valence-corrected chi connectivity index (χ4v) is 3.08. The molecule has 1 aliphatic heterocycles. The zero-order valence-electron chi connectivity index (χ0n) is 16.3. The number of nitrogens with one attached hydrogen (secondary N) is 1. The number of carbonyl (C=O) groups is 3. The Bertz CT molecular complexity index is 693. The predicted octanol–water partition coefficient (Wildman–Crippen LogP) is 1.49. The summed E-state index contributed by atoms with van der Waals surface area (Å²) in [6, 6.07) is 6.07. The Labute approximate surface area is 159 Å². The van der Waals surface area contributed by atoms with Gasteiger partial charge in [0.05, 0.1) is 18.8 Å². The van der Waals surface area contributed by atoms with Gasteiger partial charge in [0.25, 0.3) is 0 Å². The maximum absolute atomic E-state index is 12.6. The topological polar surface area (TPSA) is 95.9 Å². The summed E-state index contributed by atoms with van der Waals surface area (Å²) in [6.45, 7) is 6.34. The third kappa shape index (κ3) is 5.79. The number of likely N-dealkylation sites (tertiary alicyclic amines) is 1. The number of ether oxygens (including phenoxy) is 1. The molecule has 0 radical (unpaired) electrons. The molecule has 27 heavy (non-hydrogen) atoms. The van der Waals surface area contributed by atoms with Crippen LogP contribution in [-0.2, 0) is 20.9 Å². The van der Waals surface area contributed by atoms with Gasteiger partial charge >= 0.3 is 5.97 Å². The average Bonchev–Trinajstić information content (AvgIpc) is 3.00. The third-order valence-corrected chi connectivity index (χ3v) is 4.43. The van der Waals surface area contributed by atoms with Crippen LogP contribution in [0.3, 0.4) is 0 Å². The number of esters is 1. The van der Waals surface area contributed by atoms with Gasteiger partial charge in [0.15, 0.2) is 0 Å². The maximum Gasteiger partial charge on any atom is 0.337 e. The Morgan fingerprint density at radius 1 is 1.22 bits per heavy atom. The molecule has 1 aromatic carbocycles. The average molecular weight is 376 g/mol. The van der Waals surface area contributed by atoms with Crippen molar-refractivity contribution in [3.63, 3.8) is 0 Å². The first kappa shape index (κ1) is 20.9. The Balaban J connectivity index is 1.97. The van der Waals surface area contributed by atoms with E-state index in [1.54, 1.807) is 24.3 Å². The molecule has 0 bridgehead atoms.